The van der Waals surface area contributed by atoms with Crippen LogP contribution in [0.5, 0.6) is 0 Å². The first-order chi connectivity index (χ1) is 9.91. The predicted octanol–water partition coefficient (Wildman–Crippen LogP) is 3.92. The molecule has 3 N–H and O–H groups in total. The number of rotatable bonds is 2. The molecule has 114 valence electrons. The molecule has 0 bridgehead atoms. The third kappa shape index (κ3) is 3.59. The van der Waals surface area contributed by atoms with Crippen molar-refractivity contribution in [3.63, 3.8) is 0 Å². The zero-order valence-corrected chi connectivity index (χ0v) is 13.7. The summed E-state index contributed by atoms with van der Waals surface area (Å²) in [6.07, 6.45) is 4.22. The molecule has 1 heterocycles. The van der Waals surface area contributed by atoms with Gasteiger partial charge in [-0.1, -0.05) is 48.1 Å². The molecule has 1 aliphatic carbocycles. The summed E-state index contributed by atoms with van der Waals surface area (Å²) in [7, 11) is 0. The van der Waals surface area contributed by atoms with Gasteiger partial charge >= 0.3 is 0 Å². The number of nitrogens with one attached hydrogen (secondary N) is 1. The minimum atomic E-state index is -0.560. The van der Waals surface area contributed by atoms with Crippen molar-refractivity contribution in [3.8, 4) is 0 Å². The fourth-order valence-corrected chi connectivity index (χ4v) is 2.79. The van der Waals surface area contributed by atoms with Crippen molar-refractivity contribution in [2.45, 2.75) is 32.6 Å². The Morgan fingerprint density at radius 2 is 2.05 bits per heavy atom. The fraction of sp³-hybridized carbons (Fsp3) is 0.462. The van der Waals surface area contributed by atoms with Crippen LogP contribution in [0.4, 0.5) is 5.69 Å². The van der Waals surface area contributed by atoms with E-state index < -0.39 is 5.91 Å². The number of amides is 1. The van der Waals surface area contributed by atoms with Crippen molar-refractivity contribution in [1.29, 1.82) is 0 Å². The number of hydrogen-bond acceptors (Lipinski definition) is 4. The van der Waals surface area contributed by atoms with Crippen LogP contribution in [-0.2, 0) is 0 Å². The van der Waals surface area contributed by atoms with E-state index in [2.05, 4.69) is 22.4 Å². The molecule has 5 nitrogen and oxygen atoms in total. The van der Waals surface area contributed by atoms with Crippen LogP contribution < -0.4 is 11.2 Å². The van der Waals surface area contributed by atoms with Gasteiger partial charge in [0, 0.05) is 5.71 Å². The topological polar surface area (TPSA) is 80.4 Å². The molecule has 1 unspecified atom stereocenters. The van der Waals surface area contributed by atoms with Gasteiger partial charge in [-0.2, -0.15) is 5.10 Å². The maximum Gasteiger partial charge on any atom is 0.291 e. The third-order valence-electron chi connectivity index (χ3n) is 3.48. The Labute approximate surface area is 137 Å². The van der Waals surface area contributed by atoms with E-state index in [4.69, 9.17) is 40.5 Å². The van der Waals surface area contributed by atoms with E-state index >= 15 is 0 Å². The van der Waals surface area contributed by atoms with Gasteiger partial charge in [0.2, 0.25) is 0 Å². The van der Waals surface area contributed by atoms with Crippen molar-refractivity contribution >= 4 is 52.1 Å². The number of hydrogen-bond donors (Lipinski definition) is 2. The highest BCUT2D eigenvalue weighted by atomic mass is 35.5. The molecular formula is C13H15Cl3N4O. The molecule has 0 radical (unpaired) electrons. The van der Waals surface area contributed by atoms with Crippen LogP contribution in [0.3, 0.4) is 0 Å². The van der Waals surface area contributed by atoms with Crippen LogP contribution in [0.15, 0.2) is 5.10 Å². The molecule has 21 heavy (non-hydrogen) atoms. The smallest absolute Gasteiger partial charge is 0.291 e. The number of nitrogen functional groups attached to an aromatic ring is 1. The Kier molecular flexibility index (Phi) is 5.30. The molecule has 0 spiro atoms. The highest BCUT2D eigenvalue weighted by Gasteiger charge is 2.21. The number of pyridine rings is 1. The average Bonchev–Trinajstić information content (AvgIpc) is 2.47. The quantitative estimate of drug-likeness (QED) is 0.627. The fourth-order valence-electron chi connectivity index (χ4n) is 2.19. The zero-order valence-electron chi connectivity index (χ0n) is 11.4. The van der Waals surface area contributed by atoms with Crippen molar-refractivity contribution in [3.05, 3.63) is 20.9 Å². The number of anilines is 1. The second kappa shape index (κ2) is 6.81. The molecule has 0 aliphatic heterocycles. The maximum atomic E-state index is 12.1. The number of hydrazone groups is 1. The number of nitrogens with two attached hydrogens (primary N) is 1. The number of nitrogens with zero attached hydrogens (tertiary/aromatic N) is 2. The second-order valence-electron chi connectivity index (χ2n) is 4.98. The lowest BCUT2D eigenvalue weighted by atomic mass is 9.89. The Morgan fingerprint density at radius 3 is 2.71 bits per heavy atom. The molecule has 1 aromatic rings. The van der Waals surface area contributed by atoms with Crippen LogP contribution in [0.1, 0.15) is 43.1 Å². The largest absolute Gasteiger partial charge is 0.396 e. The highest BCUT2D eigenvalue weighted by Crippen LogP contribution is 2.34. The van der Waals surface area contributed by atoms with Crippen LogP contribution in [0, 0.1) is 5.92 Å². The Bertz CT molecular complexity index is 604. The Hall–Kier alpha value is -1.04. The summed E-state index contributed by atoms with van der Waals surface area (Å²) < 4.78 is 0. The van der Waals surface area contributed by atoms with Gasteiger partial charge in [-0.25, -0.2) is 10.4 Å². The third-order valence-corrected chi connectivity index (χ3v) is 4.61. The first-order valence-electron chi connectivity index (χ1n) is 6.58. The molecule has 1 aliphatic rings. The van der Waals surface area contributed by atoms with Gasteiger partial charge in [0.15, 0.2) is 10.8 Å². The van der Waals surface area contributed by atoms with E-state index in [1.165, 1.54) is 6.42 Å². The first-order valence-corrected chi connectivity index (χ1v) is 7.72. The lowest BCUT2D eigenvalue weighted by Gasteiger charge is -2.19. The van der Waals surface area contributed by atoms with Crippen molar-refractivity contribution in [2.75, 3.05) is 5.73 Å². The molecule has 1 aromatic heterocycles. The van der Waals surface area contributed by atoms with Crippen molar-refractivity contribution < 1.29 is 4.79 Å². The summed E-state index contributed by atoms with van der Waals surface area (Å²) in [5.41, 5.74) is 9.05. The molecule has 1 fully saturated rings. The van der Waals surface area contributed by atoms with Gasteiger partial charge in [-0.3, -0.25) is 4.79 Å². The van der Waals surface area contributed by atoms with E-state index in [0.717, 1.165) is 25.0 Å². The maximum absolute atomic E-state index is 12.1. The standard InChI is InChI=1S/C13H15Cl3N4O/c1-6-4-2-3-5-7(6)19-20-13(21)11-8(14)10(17)9(15)12(16)18-11/h6H,2-5H2,1H3,(H2,17,18)(H,20,21)/b19-7-. The molecule has 0 aromatic carbocycles. The van der Waals surface area contributed by atoms with Gasteiger partial charge in [0.25, 0.3) is 5.91 Å². The number of halogens is 3. The van der Waals surface area contributed by atoms with Crippen LogP contribution in [0.2, 0.25) is 15.2 Å². The number of carbonyl (C=O) groups excluding carboxylic acids is 1. The van der Waals surface area contributed by atoms with Gasteiger partial charge in [-0.15, -0.1) is 0 Å². The Morgan fingerprint density at radius 1 is 1.33 bits per heavy atom. The van der Waals surface area contributed by atoms with E-state index in [-0.39, 0.29) is 26.6 Å². The summed E-state index contributed by atoms with van der Waals surface area (Å²) in [4.78, 5) is 16.0. The first kappa shape index (κ1) is 16.3. The molecule has 2 rings (SSSR count). The lowest BCUT2D eigenvalue weighted by molar-refractivity contribution is 0.0949. The van der Waals surface area contributed by atoms with Crippen molar-refractivity contribution in [2.24, 2.45) is 11.0 Å². The molecule has 1 saturated carbocycles. The van der Waals surface area contributed by atoms with Gasteiger partial charge < -0.3 is 5.73 Å². The highest BCUT2D eigenvalue weighted by molar-refractivity contribution is 6.46. The predicted molar refractivity (Wildman–Crippen MR) is 86.2 cm³/mol. The SMILES string of the molecule is CC1CCCC/C1=N/NC(=O)c1nc(Cl)c(Cl)c(N)c1Cl. The van der Waals surface area contributed by atoms with E-state index in [0.29, 0.717) is 5.92 Å². The normalized spacial score (nSPS) is 20.6. The molecule has 1 atom stereocenters. The monoisotopic (exact) mass is 348 g/mol. The number of carbonyl (C=O) groups is 1. The minimum Gasteiger partial charge on any atom is -0.396 e. The molecule has 1 amide bonds. The molecule has 0 saturated heterocycles. The van der Waals surface area contributed by atoms with E-state index in [9.17, 15) is 4.79 Å². The van der Waals surface area contributed by atoms with Crippen LogP contribution in [-0.4, -0.2) is 16.6 Å². The minimum absolute atomic E-state index is 0.0289. The molecule has 8 heteroatoms. The molecular weight excluding hydrogens is 335 g/mol. The van der Waals surface area contributed by atoms with Crippen LogP contribution in [0.25, 0.3) is 0 Å². The summed E-state index contributed by atoms with van der Waals surface area (Å²) in [6, 6.07) is 0. The van der Waals surface area contributed by atoms with E-state index in [1.54, 1.807) is 0 Å². The lowest BCUT2D eigenvalue weighted by Crippen LogP contribution is -2.25. The van der Waals surface area contributed by atoms with Gasteiger partial charge in [0.1, 0.15) is 5.02 Å². The summed E-state index contributed by atoms with van der Waals surface area (Å²) in [6.45, 7) is 2.09. The Balaban J connectivity index is 2.19. The van der Waals surface area contributed by atoms with Gasteiger partial charge in [-0.05, 0) is 25.2 Å². The summed E-state index contributed by atoms with van der Waals surface area (Å²) in [5.74, 6) is -0.197. The van der Waals surface area contributed by atoms with E-state index in [1.807, 2.05) is 0 Å². The summed E-state index contributed by atoms with van der Waals surface area (Å²) >= 11 is 17.6. The zero-order chi connectivity index (χ0) is 15.6. The summed E-state index contributed by atoms with van der Waals surface area (Å²) in [5, 5.41) is 4.10. The van der Waals surface area contributed by atoms with Crippen molar-refractivity contribution in [1.82, 2.24) is 10.4 Å². The van der Waals surface area contributed by atoms with Gasteiger partial charge in [0.05, 0.1) is 10.7 Å². The van der Waals surface area contributed by atoms with Crippen LogP contribution >= 0.6 is 34.8 Å². The number of aromatic nitrogens is 1. The second-order valence-corrected chi connectivity index (χ2v) is 6.10. The average molecular weight is 350 g/mol.